The fraction of sp³-hybridized carbons (Fsp3) is 0.300. The molecule has 7 heteroatoms. The highest BCUT2D eigenvalue weighted by atomic mass is 35.5. The van der Waals surface area contributed by atoms with E-state index in [2.05, 4.69) is 5.32 Å². The average molecular weight is 408 g/mol. The molecule has 2 aromatic rings. The van der Waals surface area contributed by atoms with Crippen molar-refractivity contribution < 1.29 is 9.59 Å². The van der Waals surface area contributed by atoms with Crippen molar-refractivity contribution in [3.8, 4) is 0 Å². The van der Waals surface area contributed by atoms with E-state index in [1.807, 2.05) is 31.2 Å². The molecular weight excluding hydrogens is 385 g/mol. The van der Waals surface area contributed by atoms with Crippen molar-refractivity contribution in [2.45, 2.75) is 13.5 Å². The molecule has 0 heterocycles. The van der Waals surface area contributed by atoms with Crippen LogP contribution in [0, 0.1) is 6.92 Å². The number of amides is 2. The Morgan fingerprint density at radius 2 is 1.56 bits per heavy atom. The average Bonchev–Trinajstić information content (AvgIpc) is 2.60. The molecule has 1 N–H and O–H groups in total. The molecule has 0 atom stereocenters. The standard InChI is InChI=1S/C20H23Cl2N3O2/c1-14-7-9-15(10-8-14)11-25(3)19(27)13-24(2)12-18(26)23-20-16(21)5-4-6-17(20)22/h4-10H,11-13H2,1-3H3,(H,23,26). The Labute approximate surface area is 169 Å². The summed E-state index contributed by atoms with van der Waals surface area (Å²) >= 11 is 12.1. The maximum absolute atomic E-state index is 12.4. The van der Waals surface area contributed by atoms with E-state index in [-0.39, 0.29) is 24.9 Å². The van der Waals surface area contributed by atoms with Crippen LogP contribution in [-0.4, -0.2) is 48.8 Å². The van der Waals surface area contributed by atoms with E-state index < -0.39 is 0 Å². The summed E-state index contributed by atoms with van der Waals surface area (Å²) in [5, 5.41) is 3.42. The predicted octanol–water partition coefficient (Wildman–Crippen LogP) is 3.83. The summed E-state index contributed by atoms with van der Waals surface area (Å²) in [6, 6.07) is 13.0. The molecule has 0 aliphatic rings. The van der Waals surface area contributed by atoms with Gasteiger partial charge in [0.1, 0.15) is 0 Å². The summed E-state index contributed by atoms with van der Waals surface area (Å²) in [6.07, 6.45) is 0. The molecule has 0 fully saturated rings. The van der Waals surface area contributed by atoms with Gasteiger partial charge in [-0.1, -0.05) is 59.1 Å². The minimum absolute atomic E-state index is 0.0473. The van der Waals surface area contributed by atoms with Crippen LogP contribution in [0.4, 0.5) is 5.69 Å². The van der Waals surface area contributed by atoms with Crippen molar-refractivity contribution in [1.29, 1.82) is 0 Å². The highest BCUT2D eigenvalue weighted by molar-refractivity contribution is 6.39. The number of benzene rings is 2. The van der Waals surface area contributed by atoms with Crippen molar-refractivity contribution in [3.63, 3.8) is 0 Å². The Hall–Kier alpha value is -2.08. The number of halogens is 2. The highest BCUT2D eigenvalue weighted by Gasteiger charge is 2.16. The number of hydrogen-bond acceptors (Lipinski definition) is 3. The van der Waals surface area contributed by atoms with Crippen molar-refractivity contribution in [3.05, 3.63) is 63.6 Å². The molecule has 0 unspecified atom stereocenters. The van der Waals surface area contributed by atoms with Crippen LogP contribution in [0.5, 0.6) is 0 Å². The normalized spacial score (nSPS) is 10.7. The lowest BCUT2D eigenvalue weighted by molar-refractivity contribution is -0.131. The van der Waals surface area contributed by atoms with Gasteiger partial charge in [0.2, 0.25) is 11.8 Å². The van der Waals surface area contributed by atoms with E-state index in [4.69, 9.17) is 23.2 Å². The number of anilines is 1. The Balaban J connectivity index is 1.84. The first-order valence-corrected chi connectivity index (χ1v) is 9.23. The van der Waals surface area contributed by atoms with Crippen LogP contribution < -0.4 is 5.32 Å². The van der Waals surface area contributed by atoms with Gasteiger partial charge in [-0.05, 0) is 31.7 Å². The summed E-state index contributed by atoms with van der Waals surface area (Å²) in [5.41, 5.74) is 2.62. The third-order valence-corrected chi connectivity index (χ3v) is 4.64. The molecule has 5 nitrogen and oxygen atoms in total. The molecule has 0 aliphatic carbocycles. The summed E-state index contributed by atoms with van der Waals surface area (Å²) in [4.78, 5) is 27.9. The quantitative estimate of drug-likeness (QED) is 0.758. The number of nitrogens with one attached hydrogen (secondary N) is 1. The zero-order chi connectivity index (χ0) is 20.0. The second kappa shape index (κ2) is 9.74. The van der Waals surface area contributed by atoms with Crippen LogP contribution in [0.2, 0.25) is 10.0 Å². The van der Waals surface area contributed by atoms with Crippen LogP contribution in [0.15, 0.2) is 42.5 Å². The van der Waals surface area contributed by atoms with Crippen LogP contribution >= 0.6 is 23.2 Å². The largest absolute Gasteiger partial charge is 0.340 e. The van der Waals surface area contributed by atoms with Crippen molar-refractivity contribution in [1.82, 2.24) is 9.80 Å². The number of carbonyl (C=O) groups is 2. The predicted molar refractivity (Wildman–Crippen MR) is 110 cm³/mol. The van der Waals surface area contributed by atoms with Gasteiger partial charge in [-0.25, -0.2) is 0 Å². The monoisotopic (exact) mass is 407 g/mol. The lowest BCUT2D eigenvalue weighted by atomic mass is 10.1. The van der Waals surface area contributed by atoms with E-state index in [1.165, 1.54) is 5.56 Å². The van der Waals surface area contributed by atoms with Gasteiger partial charge in [-0.3, -0.25) is 14.5 Å². The fourth-order valence-corrected chi connectivity index (χ4v) is 3.00. The van der Waals surface area contributed by atoms with Crippen LogP contribution in [-0.2, 0) is 16.1 Å². The van der Waals surface area contributed by atoms with E-state index in [0.29, 0.717) is 22.3 Å². The zero-order valence-electron chi connectivity index (χ0n) is 15.6. The molecule has 2 amide bonds. The van der Waals surface area contributed by atoms with Crippen LogP contribution in [0.3, 0.4) is 0 Å². The summed E-state index contributed by atoms with van der Waals surface area (Å²) in [5.74, 6) is -0.358. The molecule has 0 aromatic heterocycles. The van der Waals surface area contributed by atoms with Gasteiger partial charge in [-0.15, -0.1) is 0 Å². The molecule has 27 heavy (non-hydrogen) atoms. The van der Waals surface area contributed by atoms with E-state index in [1.54, 1.807) is 42.1 Å². The minimum atomic E-state index is -0.290. The Morgan fingerprint density at radius 3 is 2.15 bits per heavy atom. The topological polar surface area (TPSA) is 52.7 Å². The lowest BCUT2D eigenvalue weighted by Gasteiger charge is -2.22. The Bertz CT molecular complexity index is 789. The van der Waals surface area contributed by atoms with Gasteiger partial charge in [0.25, 0.3) is 0 Å². The van der Waals surface area contributed by atoms with Gasteiger partial charge in [0.15, 0.2) is 0 Å². The molecule has 144 valence electrons. The molecule has 0 spiro atoms. The third-order valence-electron chi connectivity index (χ3n) is 4.01. The van der Waals surface area contributed by atoms with E-state index in [9.17, 15) is 9.59 Å². The highest BCUT2D eigenvalue weighted by Crippen LogP contribution is 2.29. The maximum Gasteiger partial charge on any atom is 0.238 e. The number of carbonyl (C=O) groups excluding carboxylic acids is 2. The van der Waals surface area contributed by atoms with Crippen LogP contribution in [0.25, 0.3) is 0 Å². The van der Waals surface area contributed by atoms with Gasteiger partial charge in [-0.2, -0.15) is 0 Å². The Morgan fingerprint density at radius 1 is 0.963 bits per heavy atom. The summed E-state index contributed by atoms with van der Waals surface area (Å²) in [7, 11) is 3.46. The number of nitrogens with zero attached hydrogens (tertiary/aromatic N) is 2. The van der Waals surface area contributed by atoms with Gasteiger partial charge in [0.05, 0.1) is 28.8 Å². The summed E-state index contributed by atoms with van der Waals surface area (Å²) in [6.45, 7) is 2.72. The first-order valence-electron chi connectivity index (χ1n) is 8.48. The van der Waals surface area contributed by atoms with Crippen molar-refractivity contribution in [2.75, 3.05) is 32.5 Å². The minimum Gasteiger partial charge on any atom is -0.340 e. The molecular formula is C20H23Cl2N3O2. The molecule has 0 saturated heterocycles. The number of rotatable bonds is 7. The van der Waals surface area contributed by atoms with Crippen molar-refractivity contribution >= 4 is 40.7 Å². The molecule has 0 radical (unpaired) electrons. The van der Waals surface area contributed by atoms with E-state index >= 15 is 0 Å². The molecule has 0 aliphatic heterocycles. The molecule has 0 saturated carbocycles. The SMILES string of the molecule is Cc1ccc(CN(C)C(=O)CN(C)CC(=O)Nc2c(Cl)cccc2Cl)cc1. The zero-order valence-corrected chi connectivity index (χ0v) is 17.1. The smallest absolute Gasteiger partial charge is 0.238 e. The molecule has 2 rings (SSSR count). The third kappa shape index (κ3) is 6.54. The number of para-hydroxylation sites is 1. The first-order chi connectivity index (χ1) is 12.8. The lowest BCUT2D eigenvalue weighted by Crippen LogP contribution is -2.39. The first kappa shape index (κ1) is 21.2. The Kier molecular flexibility index (Phi) is 7.66. The number of aryl methyl sites for hydroxylation is 1. The van der Waals surface area contributed by atoms with Crippen molar-refractivity contribution in [2.24, 2.45) is 0 Å². The second-order valence-corrected chi connectivity index (χ2v) is 7.37. The van der Waals surface area contributed by atoms with Gasteiger partial charge in [0, 0.05) is 13.6 Å². The molecule has 2 aromatic carbocycles. The van der Waals surface area contributed by atoms with Gasteiger partial charge >= 0.3 is 0 Å². The maximum atomic E-state index is 12.4. The second-order valence-electron chi connectivity index (χ2n) is 6.55. The molecule has 0 bridgehead atoms. The fourth-order valence-electron chi connectivity index (χ4n) is 2.50. The van der Waals surface area contributed by atoms with Gasteiger partial charge < -0.3 is 10.2 Å². The number of hydrogen-bond donors (Lipinski definition) is 1. The van der Waals surface area contributed by atoms with E-state index in [0.717, 1.165) is 5.56 Å². The number of likely N-dealkylation sites (N-methyl/N-ethyl adjacent to an activating group) is 2. The summed E-state index contributed by atoms with van der Waals surface area (Å²) < 4.78 is 0. The van der Waals surface area contributed by atoms with Crippen LogP contribution in [0.1, 0.15) is 11.1 Å².